The van der Waals surface area contributed by atoms with E-state index in [0.29, 0.717) is 39.2 Å². The molecular formula is C23H17N3O5S. The number of ether oxygens (including phenoxy) is 1. The molecule has 0 spiro atoms. The number of fused-ring (bicyclic) bond motifs is 1. The number of nitrogens with zero attached hydrogens (tertiary/aromatic N) is 2. The van der Waals surface area contributed by atoms with Gasteiger partial charge in [0.2, 0.25) is 11.8 Å². The number of methoxy groups -OCH3 is 1. The van der Waals surface area contributed by atoms with Gasteiger partial charge in [-0.15, -0.1) is 11.3 Å². The first kappa shape index (κ1) is 20.0. The highest BCUT2D eigenvalue weighted by molar-refractivity contribution is 7.14. The Labute approximate surface area is 186 Å². The summed E-state index contributed by atoms with van der Waals surface area (Å²) in [6.07, 6.45) is 0.428. The summed E-state index contributed by atoms with van der Waals surface area (Å²) < 4.78 is 11.2. The minimum atomic E-state index is -0.345. The number of carbonyl (C=O) groups excluding carboxylic acids is 3. The first-order chi connectivity index (χ1) is 15.5. The number of anilines is 2. The third kappa shape index (κ3) is 3.52. The summed E-state index contributed by atoms with van der Waals surface area (Å²) in [5, 5.41) is 5.88. The number of thiazole rings is 1. The van der Waals surface area contributed by atoms with E-state index in [1.807, 2.05) is 24.3 Å². The van der Waals surface area contributed by atoms with Crippen molar-refractivity contribution in [1.82, 2.24) is 4.98 Å². The minimum Gasteiger partial charge on any atom is -0.493 e. The lowest BCUT2D eigenvalue weighted by atomic mass is 10.2. The van der Waals surface area contributed by atoms with Crippen molar-refractivity contribution in [3.8, 4) is 17.2 Å². The summed E-state index contributed by atoms with van der Waals surface area (Å²) in [5.74, 6) is 0.406. The summed E-state index contributed by atoms with van der Waals surface area (Å²) in [4.78, 5) is 41.9. The van der Waals surface area contributed by atoms with Gasteiger partial charge in [0.05, 0.1) is 12.8 Å². The van der Waals surface area contributed by atoms with E-state index in [4.69, 9.17) is 9.15 Å². The zero-order valence-corrected chi connectivity index (χ0v) is 17.8. The van der Waals surface area contributed by atoms with E-state index in [1.54, 1.807) is 36.8 Å². The topological polar surface area (TPSA) is 102 Å². The van der Waals surface area contributed by atoms with Crippen LogP contribution in [0.4, 0.5) is 10.8 Å². The Morgan fingerprint density at radius 3 is 2.59 bits per heavy atom. The molecule has 3 amide bonds. The normalized spacial score (nSPS) is 13.7. The highest BCUT2D eigenvalue weighted by Gasteiger charge is 2.30. The smallest absolute Gasteiger partial charge is 0.257 e. The third-order valence-electron chi connectivity index (χ3n) is 5.14. The standard InChI is InChI=1S/C23H17N3O5S/c1-30-17-4-2-3-14-11-18(31-21(14)17)16-12-32-23(24-16)25-22(29)13-5-7-15(8-6-13)26-19(27)9-10-20(26)28/h2-8,11-12H,9-10H2,1H3,(H,24,25,29). The van der Waals surface area contributed by atoms with Crippen LogP contribution in [0.5, 0.6) is 5.75 Å². The van der Waals surface area contributed by atoms with Gasteiger partial charge in [0.1, 0.15) is 5.69 Å². The van der Waals surface area contributed by atoms with Crippen LogP contribution in [0.2, 0.25) is 0 Å². The van der Waals surface area contributed by atoms with Crippen LogP contribution in [0.15, 0.2) is 58.3 Å². The molecule has 160 valence electrons. The lowest BCUT2D eigenvalue weighted by molar-refractivity contribution is -0.121. The van der Waals surface area contributed by atoms with Crippen molar-refractivity contribution < 1.29 is 23.5 Å². The number of nitrogens with one attached hydrogen (secondary N) is 1. The van der Waals surface area contributed by atoms with Crippen molar-refractivity contribution >= 4 is 50.8 Å². The molecule has 5 rings (SSSR count). The molecule has 1 aliphatic heterocycles. The molecule has 1 saturated heterocycles. The maximum absolute atomic E-state index is 12.6. The Bertz CT molecular complexity index is 1340. The van der Waals surface area contributed by atoms with Crippen LogP contribution in [0.3, 0.4) is 0 Å². The molecule has 0 aliphatic carbocycles. The van der Waals surface area contributed by atoms with E-state index in [1.165, 1.54) is 11.3 Å². The Kier molecular flexibility index (Phi) is 4.95. The van der Waals surface area contributed by atoms with Crippen molar-refractivity contribution in [3.63, 3.8) is 0 Å². The Hall–Kier alpha value is -3.98. The van der Waals surface area contributed by atoms with Crippen molar-refractivity contribution in [1.29, 1.82) is 0 Å². The number of benzene rings is 2. The predicted octanol–water partition coefficient (Wildman–Crippen LogP) is 4.47. The van der Waals surface area contributed by atoms with Crippen LogP contribution in [-0.4, -0.2) is 29.8 Å². The van der Waals surface area contributed by atoms with E-state index in [-0.39, 0.29) is 30.6 Å². The number of imide groups is 1. The highest BCUT2D eigenvalue weighted by Crippen LogP contribution is 2.34. The van der Waals surface area contributed by atoms with Crippen LogP contribution in [0, 0.1) is 0 Å². The lowest BCUT2D eigenvalue weighted by Crippen LogP contribution is -2.28. The Morgan fingerprint density at radius 1 is 1.12 bits per heavy atom. The van der Waals surface area contributed by atoms with Crippen LogP contribution in [0.1, 0.15) is 23.2 Å². The average molecular weight is 447 g/mol. The number of furan rings is 1. The molecule has 2 aromatic heterocycles. The van der Waals surface area contributed by atoms with Gasteiger partial charge in [-0.05, 0) is 36.4 Å². The minimum absolute atomic E-state index is 0.214. The number of amides is 3. The predicted molar refractivity (Wildman–Crippen MR) is 120 cm³/mol. The summed E-state index contributed by atoms with van der Waals surface area (Å²) in [6, 6.07) is 13.8. The molecule has 1 N–H and O–H groups in total. The van der Waals surface area contributed by atoms with Crippen molar-refractivity contribution in [2.45, 2.75) is 12.8 Å². The molecule has 0 unspecified atom stereocenters. The fourth-order valence-corrected chi connectivity index (χ4v) is 4.26. The summed E-state index contributed by atoms with van der Waals surface area (Å²) >= 11 is 1.28. The van der Waals surface area contributed by atoms with E-state index >= 15 is 0 Å². The fraction of sp³-hybridized carbons (Fsp3) is 0.130. The summed E-state index contributed by atoms with van der Waals surface area (Å²) in [6.45, 7) is 0. The molecule has 1 fully saturated rings. The molecule has 9 heteroatoms. The molecule has 4 aromatic rings. The number of carbonyl (C=O) groups is 3. The van der Waals surface area contributed by atoms with E-state index in [0.717, 1.165) is 10.3 Å². The quantitative estimate of drug-likeness (QED) is 0.453. The zero-order valence-electron chi connectivity index (χ0n) is 17.0. The van der Waals surface area contributed by atoms with Crippen LogP contribution < -0.4 is 15.0 Å². The van der Waals surface area contributed by atoms with Gasteiger partial charge in [0.15, 0.2) is 22.2 Å². The Morgan fingerprint density at radius 2 is 1.88 bits per heavy atom. The Balaban J connectivity index is 1.32. The molecule has 0 saturated carbocycles. The fourth-order valence-electron chi connectivity index (χ4n) is 3.56. The van der Waals surface area contributed by atoms with Gasteiger partial charge in [-0.3, -0.25) is 24.6 Å². The number of hydrogen-bond donors (Lipinski definition) is 1. The monoisotopic (exact) mass is 447 g/mol. The molecule has 1 aliphatic rings. The maximum Gasteiger partial charge on any atom is 0.257 e. The van der Waals surface area contributed by atoms with E-state index in [9.17, 15) is 14.4 Å². The number of para-hydroxylation sites is 1. The van der Waals surface area contributed by atoms with Gasteiger partial charge >= 0.3 is 0 Å². The highest BCUT2D eigenvalue weighted by atomic mass is 32.1. The SMILES string of the molecule is COc1cccc2cc(-c3csc(NC(=O)c4ccc(N5C(=O)CCC5=O)cc4)n3)oc12. The molecule has 0 bridgehead atoms. The molecule has 0 radical (unpaired) electrons. The number of hydrogen-bond acceptors (Lipinski definition) is 7. The van der Waals surface area contributed by atoms with Gasteiger partial charge in [0, 0.05) is 29.2 Å². The summed E-state index contributed by atoms with van der Waals surface area (Å²) in [7, 11) is 1.58. The second-order valence-electron chi connectivity index (χ2n) is 7.15. The molecule has 8 nitrogen and oxygen atoms in total. The third-order valence-corrected chi connectivity index (χ3v) is 5.90. The van der Waals surface area contributed by atoms with Crippen molar-refractivity contribution in [2.24, 2.45) is 0 Å². The molecule has 0 atom stereocenters. The second-order valence-corrected chi connectivity index (χ2v) is 8.01. The van der Waals surface area contributed by atoms with Gasteiger partial charge in [0.25, 0.3) is 5.91 Å². The number of rotatable bonds is 5. The largest absolute Gasteiger partial charge is 0.493 e. The van der Waals surface area contributed by atoms with Crippen LogP contribution in [-0.2, 0) is 9.59 Å². The summed E-state index contributed by atoms with van der Waals surface area (Å²) in [5.41, 5.74) is 2.09. The van der Waals surface area contributed by atoms with Crippen molar-refractivity contribution in [2.75, 3.05) is 17.3 Å². The van der Waals surface area contributed by atoms with Crippen molar-refractivity contribution in [3.05, 3.63) is 59.5 Å². The van der Waals surface area contributed by atoms with Gasteiger partial charge in [-0.2, -0.15) is 0 Å². The maximum atomic E-state index is 12.6. The van der Waals surface area contributed by atoms with Crippen LogP contribution in [0.25, 0.3) is 22.4 Å². The zero-order chi connectivity index (χ0) is 22.2. The molecule has 32 heavy (non-hydrogen) atoms. The lowest BCUT2D eigenvalue weighted by Gasteiger charge is -2.13. The average Bonchev–Trinajstić information content (AvgIpc) is 3.52. The number of aromatic nitrogens is 1. The van der Waals surface area contributed by atoms with E-state index in [2.05, 4.69) is 10.3 Å². The van der Waals surface area contributed by atoms with Crippen LogP contribution >= 0.6 is 11.3 Å². The molecule has 2 aromatic carbocycles. The second kappa shape index (κ2) is 7.93. The van der Waals surface area contributed by atoms with Gasteiger partial charge in [-0.25, -0.2) is 4.98 Å². The van der Waals surface area contributed by atoms with Gasteiger partial charge in [-0.1, -0.05) is 12.1 Å². The van der Waals surface area contributed by atoms with Gasteiger partial charge < -0.3 is 9.15 Å². The van der Waals surface area contributed by atoms with E-state index < -0.39 is 0 Å². The first-order valence-electron chi connectivity index (χ1n) is 9.83. The molecule has 3 heterocycles. The molecular weight excluding hydrogens is 430 g/mol. The first-order valence-corrected chi connectivity index (χ1v) is 10.7.